The second-order valence-electron chi connectivity index (χ2n) is 7.65. The third-order valence-corrected chi connectivity index (χ3v) is 5.23. The van der Waals surface area contributed by atoms with Crippen LogP contribution in [0.2, 0.25) is 0 Å². The molecule has 0 N–H and O–H groups in total. The molecule has 0 aliphatic carbocycles. The van der Waals surface area contributed by atoms with Crippen LogP contribution in [0.15, 0.2) is 36.8 Å². The average Bonchev–Trinajstić information content (AvgIpc) is 2.70. The van der Waals surface area contributed by atoms with Crippen LogP contribution in [0, 0.1) is 12.7 Å². The third-order valence-electron chi connectivity index (χ3n) is 5.23. The molecule has 0 spiro atoms. The zero-order valence-electron chi connectivity index (χ0n) is 17.9. The lowest BCUT2D eigenvalue weighted by atomic mass is 9.97. The van der Waals surface area contributed by atoms with Gasteiger partial charge in [0.05, 0.1) is 5.69 Å². The monoisotopic (exact) mass is 391 g/mol. The van der Waals surface area contributed by atoms with E-state index in [4.69, 9.17) is 4.98 Å². The number of nitrogens with zero attached hydrogens (tertiary/aromatic N) is 3. The fourth-order valence-electron chi connectivity index (χ4n) is 3.73. The summed E-state index contributed by atoms with van der Waals surface area (Å²) in [4.78, 5) is 13.6. The fourth-order valence-corrected chi connectivity index (χ4v) is 3.73. The highest BCUT2D eigenvalue weighted by Crippen LogP contribution is 2.20. The van der Waals surface area contributed by atoms with E-state index in [2.05, 4.69) is 42.9 Å². The normalized spacial score (nSPS) is 11.1. The zero-order chi connectivity index (χ0) is 20.8. The van der Waals surface area contributed by atoms with Gasteiger partial charge in [-0.1, -0.05) is 39.3 Å². The predicted octanol–water partition coefficient (Wildman–Crippen LogP) is 5.58. The minimum absolute atomic E-state index is 0.218. The molecule has 0 bridgehead atoms. The van der Waals surface area contributed by atoms with E-state index in [9.17, 15) is 4.39 Å². The highest BCUT2D eigenvalue weighted by atomic mass is 19.1. The Morgan fingerprint density at radius 3 is 1.93 bits per heavy atom. The van der Waals surface area contributed by atoms with E-state index in [0.29, 0.717) is 18.5 Å². The van der Waals surface area contributed by atoms with Gasteiger partial charge in [-0.15, -0.1) is 0 Å². The highest BCUT2D eigenvalue weighted by molar-refractivity contribution is 5.36. The van der Waals surface area contributed by atoms with Crippen molar-refractivity contribution in [2.75, 3.05) is 0 Å². The maximum atomic E-state index is 14.2. The molecular weight excluding hydrogens is 361 g/mol. The van der Waals surface area contributed by atoms with Crippen LogP contribution in [0.5, 0.6) is 0 Å². The van der Waals surface area contributed by atoms with Crippen molar-refractivity contribution in [3.05, 3.63) is 87.5 Å². The SMILES string of the molecule is CCCc1ncc(Cc2cc(C)cnc2CC)cc1Cc1cnc(CC)c(F)c1. The van der Waals surface area contributed by atoms with Crippen molar-refractivity contribution in [2.24, 2.45) is 0 Å². The smallest absolute Gasteiger partial charge is 0.144 e. The number of rotatable bonds is 8. The number of aryl methyl sites for hydroxylation is 4. The molecule has 0 saturated heterocycles. The molecule has 29 heavy (non-hydrogen) atoms. The Labute approximate surface area is 173 Å². The third kappa shape index (κ3) is 5.26. The van der Waals surface area contributed by atoms with E-state index >= 15 is 0 Å². The summed E-state index contributed by atoms with van der Waals surface area (Å²) in [6.07, 6.45) is 10.6. The second-order valence-corrected chi connectivity index (χ2v) is 7.65. The first-order chi connectivity index (χ1) is 14.0. The topological polar surface area (TPSA) is 38.7 Å². The maximum absolute atomic E-state index is 14.2. The molecule has 0 aromatic carbocycles. The molecule has 0 aliphatic heterocycles. The fraction of sp³-hybridized carbons (Fsp3) is 0.400. The van der Waals surface area contributed by atoms with Gasteiger partial charge in [0, 0.05) is 42.8 Å². The molecule has 0 atom stereocenters. The summed E-state index contributed by atoms with van der Waals surface area (Å²) in [5.74, 6) is -0.218. The summed E-state index contributed by atoms with van der Waals surface area (Å²) >= 11 is 0. The van der Waals surface area contributed by atoms with Gasteiger partial charge < -0.3 is 0 Å². The zero-order valence-corrected chi connectivity index (χ0v) is 17.9. The van der Waals surface area contributed by atoms with Crippen molar-refractivity contribution in [3.63, 3.8) is 0 Å². The van der Waals surface area contributed by atoms with Crippen LogP contribution in [0.4, 0.5) is 4.39 Å². The predicted molar refractivity (Wildman–Crippen MR) is 116 cm³/mol. The van der Waals surface area contributed by atoms with Crippen LogP contribution < -0.4 is 0 Å². The average molecular weight is 392 g/mol. The van der Waals surface area contributed by atoms with Crippen molar-refractivity contribution in [3.8, 4) is 0 Å². The van der Waals surface area contributed by atoms with E-state index in [0.717, 1.165) is 48.2 Å². The minimum Gasteiger partial charge on any atom is -0.261 e. The number of hydrogen-bond donors (Lipinski definition) is 0. The van der Waals surface area contributed by atoms with Gasteiger partial charge in [-0.3, -0.25) is 15.0 Å². The first-order valence-corrected chi connectivity index (χ1v) is 10.6. The van der Waals surface area contributed by atoms with Crippen molar-refractivity contribution >= 4 is 0 Å². The molecule has 3 heterocycles. The van der Waals surface area contributed by atoms with Crippen LogP contribution in [-0.4, -0.2) is 15.0 Å². The molecule has 3 aromatic rings. The number of aromatic nitrogens is 3. The first-order valence-electron chi connectivity index (χ1n) is 10.6. The van der Waals surface area contributed by atoms with Gasteiger partial charge in [-0.2, -0.15) is 0 Å². The molecule has 3 aromatic heterocycles. The van der Waals surface area contributed by atoms with Crippen LogP contribution in [0.25, 0.3) is 0 Å². The maximum Gasteiger partial charge on any atom is 0.144 e. The summed E-state index contributed by atoms with van der Waals surface area (Å²) in [6.45, 7) is 8.29. The van der Waals surface area contributed by atoms with Crippen molar-refractivity contribution in [1.29, 1.82) is 0 Å². The van der Waals surface area contributed by atoms with Crippen LogP contribution >= 0.6 is 0 Å². The molecule has 3 nitrogen and oxygen atoms in total. The van der Waals surface area contributed by atoms with E-state index in [1.807, 2.05) is 19.3 Å². The highest BCUT2D eigenvalue weighted by Gasteiger charge is 2.11. The van der Waals surface area contributed by atoms with E-state index in [1.54, 1.807) is 12.3 Å². The van der Waals surface area contributed by atoms with Gasteiger partial charge in [-0.05, 0) is 60.1 Å². The van der Waals surface area contributed by atoms with Gasteiger partial charge in [-0.25, -0.2) is 4.39 Å². The second kappa shape index (κ2) is 9.73. The Hall–Kier alpha value is -2.62. The standard InChI is InChI=1S/C25H30FN3/c1-5-8-25-21(12-19-13-22(26)24(7-3)28-16-19)11-18(15-29-25)10-20-9-17(4)14-27-23(20)6-2/h9,11,13-16H,5-8,10,12H2,1-4H3. The van der Waals surface area contributed by atoms with Gasteiger partial charge in [0.15, 0.2) is 0 Å². The van der Waals surface area contributed by atoms with Gasteiger partial charge in [0.25, 0.3) is 0 Å². The molecule has 0 aliphatic rings. The molecule has 0 saturated carbocycles. The molecule has 3 rings (SSSR count). The largest absolute Gasteiger partial charge is 0.261 e. The number of hydrogen-bond acceptors (Lipinski definition) is 3. The lowest BCUT2D eigenvalue weighted by Crippen LogP contribution is -2.05. The lowest BCUT2D eigenvalue weighted by Gasteiger charge is -2.13. The van der Waals surface area contributed by atoms with Gasteiger partial charge >= 0.3 is 0 Å². The van der Waals surface area contributed by atoms with Crippen molar-refractivity contribution in [1.82, 2.24) is 15.0 Å². The molecule has 4 heteroatoms. The first kappa shape index (κ1) is 21.1. The van der Waals surface area contributed by atoms with Crippen LogP contribution in [-0.2, 0) is 32.1 Å². The number of pyridine rings is 3. The summed E-state index contributed by atoms with van der Waals surface area (Å²) in [6, 6.07) is 6.06. The quantitative estimate of drug-likeness (QED) is 0.503. The number of halogens is 1. The van der Waals surface area contributed by atoms with Crippen LogP contribution in [0.1, 0.15) is 72.1 Å². The van der Waals surface area contributed by atoms with Crippen molar-refractivity contribution in [2.45, 2.75) is 66.2 Å². The molecule has 0 fully saturated rings. The van der Waals surface area contributed by atoms with E-state index < -0.39 is 0 Å². The molecule has 0 radical (unpaired) electrons. The Kier molecular flexibility index (Phi) is 7.08. The Morgan fingerprint density at radius 1 is 0.724 bits per heavy atom. The van der Waals surface area contributed by atoms with Gasteiger partial charge in [0.1, 0.15) is 5.82 Å². The molecule has 152 valence electrons. The van der Waals surface area contributed by atoms with Crippen LogP contribution in [0.3, 0.4) is 0 Å². The Bertz CT molecular complexity index is 982. The Morgan fingerprint density at radius 2 is 1.31 bits per heavy atom. The van der Waals surface area contributed by atoms with E-state index in [-0.39, 0.29) is 5.82 Å². The van der Waals surface area contributed by atoms with Crippen molar-refractivity contribution < 1.29 is 4.39 Å². The molecular formula is C25H30FN3. The molecule has 0 unspecified atom stereocenters. The van der Waals surface area contributed by atoms with E-state index in [1.165, 1.54) is 16.7 Å². The molecule has 0 amide bonds. The summed E-state index contributed by atoms with van der Waals surface area (Å²) in [5, 5.41) is 0. The minimum atomic E-state index is -0.218. The summed E-state index contributed by atoms with van der Waals surface area (Å²) < 4.78 is 14.2. The van der Waals surface area contributed by atoms with Gasteiger partial charge in [0.2, 0.25) is 0 Å². The Balaban J connectivity index is 1.92. The summed E-state index contributed by atoms with van der Waals surface area (Å²) in [7, 11) is 0. The summed E-state index contributed by atoms with van der Waals surface area (Å²) in [5.41, 5.74) is 8.39. The lowest BCUT2D eigenvalue weighted by molar-refractivity contribution is 0.599.